The van der Waals surface area contributed by atoms with E-state index in [0.717, 1.165) is 27.8 Å². The van der Waals surface area contributed by atoms with Gasteiger partial charge in [0.2, 0.25) is 5.91 Å². The molecule has 12 nitrogen and oxygen atoms in total. The lowest BCUT2D eigenvalue weighted by atomic mass is 9.52. The van der Waals surface area contributed by atoms with Crippen molar-refractivity contribution < 1.29 is 45.3 Å². The van der Waals surface area contributed by atoms with Gasteiger partial charge in [0.15, 0.2) is 5.78 Å². The van der Waals surface area contributed by atoms with Crippen molar-refractivity contribution in [3.8, 4) is 5.75 Å². The van der Waals surface area contributed by atoms with Gasteiger partial charge in [-0.3, -0.25) is 14.9 Å². The fourth-order valence-electron chi connectivity index (χ4n) is 12.1. The number of aromatic hydroxyl groups is 1. The molecule has 0 radical (unpaired) electrons. The molecule has 2 aliphatic carbocycles. The number of aliphatic hydroxyl groups is 6. The molecular weight excluding hydrogens is 883 g/mol. The second-order valence-corrected chi connectivity index (χ2v) is 21.0. The summed E-state index contributed by atoms with van der Waals surface area (Å²) in [7, 11) is 0. The summed E-state index contributed by atoms with van der Waals surface area (Å²) in [5, 5.41) is 86.9. The largest absolute Gasteiger partial charge is 0.508 e. The Morgan fingerprint density at radius 1 is 0.971 bits per heavy atom. The molecule has 11 atom stereocenters. The average molecular weight is 958 g/mol. The maximum absolute atomic E-state index is 14.9. The van der Waals surface area contributed by atoms with Gasteiger partial charge in [-0.25, -0.2) is 0 Å². The Bertz CT molecular complexity index is 2500. The SMILES string of the molecule is C=C(/C=C/C=C(/CO)[C@H]1CC[C@@]2([C@@H]3CC[C@H](O)Cc4cccc(c4)C[C@H](Cc4ccc(O)cc4)[C@H](O)CN[C@H]4C(=O)N[C@@H](N)c5cccc(c54)CC(=O)/C(C)=C/3CC[C@@]2(C)O)[C@@H]1O)[C@H](O)CC=C(C)C. The van der Waals surface area contributed by atoms with Gasteiger partial charge < -0.3 is 46.8 Å². The number of benzene rings is 3. The van der Waals surface area contributed by atoms with Gasteiger partial charge in [0.1, 0.15) is 18.0 Å². The van der Waals surface area contributed by atoms with Crippen molar-refractivity contribution in [3.63, 3.8) is 0 Å². The number of hydrogen-bond donors (Lipinski definition) is 10. The van der Waals surface area contributed by atoms with Crippen LogP contribution in [0.25, 0.3) is 0 Å². The third kappa shape index (κ3) is 11.5. The first-order chi connectivity index (χ1) is 33.3. The van der Waals surface area contributed by atoms with Gasteiger partial charge in [0.05, 0.1) is 36.6 Å². The number of Topliss-reactive ketones (excluding diaryl/α,β-unsaturated/α-hetero) is 1. The number of ketones is 1. The number of phenols is 1. The topological polar surface area (TPSA) is 226 Å². The van der Waals surface area contributed by atoms with E-state index in [-0.39, 0.29) is 49.4 Å². The molecule has 7 rings (SSSR count). The normalized spacial score (nSPS) is 31.7. The molecule has 2 aliphatic heterocycles. The number of fused-ring (bicyclic) bond motifs is 4. The molecule has 2 heterocycles. The Morgan fingerprint density at radius 3 is 2.40 bits per heavy atom. The number of aliphatic hydroxyl groups excluding tert-OH is 5. The number of carbonyl (C=O) groups is 2. The maximum Gasteiger partial charge on any atom is 0.243 e. The summed E-state index contributed by atoms with van der Waals surface area (Å²) in [6.45, 7) is 11.2. The van der Waals surface area contributed by atoms with E-state index in [1.54, 1.807) is 37.3 Å². The lowest BCUT2D eigenvalue weighted by Gasteiger charge is -2.56. The zero-order chi connectivity index (χ0) is 50.5. The molecule has 11 N–H and O–H groups in total. The van der Waals surface area contributed by atoms with Crippen molar-refractivity contribution in [1.29, 1.82) is 0 Å². The third-order valence-electron chi connectivity index (χ3n) is 16.1. The van der Waals surface area contributed by atoms with E-state index in [1.165, 1.54) is 0 Å². The van der Waals surface area contributed by atoms with Crippen LogP contribution in [0.4, 0.5) is 0 Å². The number of amides is 1. The fraction of sp³-hybridized carbons (Fsp3) is 0.483. The lowest BCUT2D eigenvalue weighted by Crippen LogP contribution is -2.59. The Balaban J connectivity index is 1.28. The van der Waals surface area contributed by atoms with E-state index >= 15 is 0 Å². The van der Waals surface area contributed by atoms with Crippen LogP contribution < -0.4 is 16.4 Å². The minimum atomic E-state index is -1.38. The van der Waals surface area contributed by atoms with Gasteiger partial charge in [0, 0.05) is 24.3 Å². The van der Waals surface area contributed by atoms with E-state index < -0.39 is 59.5 Å². The summed E-state index contributed by atoms with van der Waals surface area (Å²) in [5.41, 5.74) is 12.2. The van der Waals surface area contributed by atoms with Crippen LogP contribution in [0.3, 0.4) is 0 Å². The highest BCUT2D eigenvalue weighted by atomic mass is 16.3. The maximum atomic E-state index is 14.9. The van der Waals surface area contributed by atoms with Crippen molar-refractivity contribution in [2.24, 2.45) is 28.9 Å². The summed E-state index contributed by atoms with van der Waals surface area (Å²) >= 11 is 0. The van der Waals surface area contributed by atoms with Crippen LogP contribution in [-0.2, 0) is 35.3 Å². The molecular formula is C58H75N3O9. The summed E-state index contributed by atoms with van der Waals surface area (Å²) in [5.74, 6) is -1.78. The second-order valence-electron chi connectivity index (χ2n) is 21.0. The highest BCUT2D eigenvalue weighted by Gasteiger charge is 2.64. The molecule has 376 valence electrons. The van der Waals surface area contributed by atoms with Crippen molar-refractivity contribution in [2.75, 3.05) is 13.2 Å². The third-order valence-corrected chi connectivity index (χ3v) is 16.1. The van der Waals surface area contributed by atoms with Gasteiger partial charge in [-0.05, 0) is 166 Å². The zero-order valence-electron chi connectivity index (χ0n) is 41.3. The molecule has 2 fully saturated rings. The van der Waals surface area contributed by atoms with Gasteiger partial charge >= 0.3 is 0 Å². The first kappa shape index (κ1) is 52.8. The fourth-order valence-corrected chi connectivity index (χ4v) is 12.1. The van der Waals surface area contributed by atoms with Gasteiger partial charge in [0.25, 0.3) is 0 Å². The van der Waals surface area contributed by atoms with Crippen LogP contribution in [0.1, 0.15) is 118 Å². The summed E-state index contributed by atoms with van der Waals surface area (Å²) in [6.07, 6.45) is 6.55. The molecule has 3 aromatic rings. The van der Waals surface area contributed by atoms with Gasteiger partial charge in [-0.2, -0.15) is 0 Å². The summed E-state index contributed by atoms with van der Waals surface area (Å²) in [6, 6.07) is 19.4. The predicted octanol–water partition coefficient (Wildman–Crippen LogP) is 6.36. The Hall–Kier alpha value is -5.02. The molecule has 0 saturated heterocycles. The molecule has 12 heteroatoms. The van der Waals surface area contributed by atoms with Crippen molar-refractivity contribution >= 4 is 11.7 Å². The van der Waals surface area contributed by atoms with Crippen molar-refractivity contribution in [1.82, 2.24) is 10.6 Å². The number of rotatable bonds is 9. The number of phenolic OH excluding ortho intramolecular Hbond substituents is 1. The number of β-amino-alcohol motifs (C(OH)–C–C–N with tert-alkyl or cyclic N) is 1. The van der Waals surface area contributed by atoms with Crippen LogP contribution >= 0.6 is 0 Å². The highest BCUT2D eigenvalue weighted by molar-refractivity contribution is 5.98. The van der Waals surface area contributed by atoms with Gasteiger partial charge in [-0.1, -0.05) is 96.6 Å². The van der Waals surface area contributed by atoms with Crippen LogP contribution in [0.15, 0.2) is 125 Å². The molecule has 1 spiro atoms. The number of allylic oxidation sites excluding steroid dienone is 5. The predicted molar refractivity (Wildman–Crippen MR) is 272 cm³/mol. The Labute approximate surface area is 413 Å². The van der Waals surface area contributed by atoms with Crippen LogP contribution in [0.5, 0.6) is 5.75 Å². The minimum absolute atomic E-state index is 0.0464. The first-order valence-electron chi connectivity index (χ1n) is 25.1. The smallest absolute Gasteiger partial charge is 0.243 e. The molecule has 3 aromatic carbocycles. The standard InChI is InChI=1S/C58H75N3O9/c1-34(2)15-22-49(65)35(3)9-6-13-41(33-62)46-24-26-58(54(46)68)48-21-20-44(64)30-39-11-7-10-38(27-39)29-42(28-37-16-18-43(63)19-17-37)51(67)32-60-53-52-40(12-8-14-47(52)55(59)61-56(53)69)31-50(66)36(4)45(48)23-25-57(58,5)70/h6-19,27,42,44,46,48-49,51,53-55,60,62-65,67-68,70H,3,20-26,28-33,59H2,1-2,4-5H3,(H,61,69)/b9-6+,41-13-,45-36+/t42-,44-,46+,48+,49+,51+,53+,54+,55+,57+,58+/m0/s1. The first-order valence-corrected chi connectivity index (χ1v) is 25.1. The molecule has 2 saturated carbocycles. The number of nitrogens with two attached hydrogens (primary N) is 1. The Morgan fingerprint density at radius 2 is 1.69 bits per heavy atom. The highest BCUT2D eigenvalue weighted by Crippen LogP contribution is 2.63. The second kappa shape index (κ2) is 22.6. The monoisotopic (exact) mass is 958 g/mol. The van der Waals surface area contributed by atoms with E-state index in [9.17, 15) is 45.3 Å². The molecule has 0 unspecified atom stereocenters. The molecule has 2 bridgehead atoms. The van der Waals surface area contributed by atoms with E-state index in [4.69, 9.17) is 5.73 Å². The van der Waals surface area contributed by atoms with Gasteiger partial charge in [-0.15, -0.1) is 0 Å². The Kier molecular flexibility index (Phi) is 17.0. The van der Waals surface area contributed by atoms with E-state index in [0.29, 0.717) is 91.2 Å². The van der Waals surface area contributed by atoms with E-state index in [2.05, 4.69) is 17.2 Å². The lowest BCUT2D eigenvalue weighted by molar-refractivity contribution is -0.168. The minimum Gasteiger partial charge on any atom is -0.508 e. The number of hydrogen-bond acceptors (Lipinski definition) is 11. The molecule has 1 amide bonds. The van der Waals surface area contributed by atoms with Crippen molar-refractivity contribution in [3.05, 3.63) is 159 Å². The van der Waals surface area contributed by atoms with Crippen LogP contribution in [-0.4, -0.2) is 90.6 Å². The van der Waals surface area contributed by atoms with Crippen LogP contribution in [0.2, 0.25) is 0 Å². The quantitative estimate of drug-likeness (QED) is 0.0839. The summed E-state index contributed by atoms with van der Waals surface area (Å²) < 4.78 is 0. The molecule has 0 aromatic heterocycles. The average Bonchev–Trinajstić information content (AvgIpc) is 3.66. The van der Waals surface area contributed by atoms with E-state index in [1.807, 2.05) is 81.4 Å². The molecule has 70 heavy (non-hydrogen) atoms. The summed E-state index contributed by atoms with van der Waals surface area (Å²) in [4.78, 5) is 28.8. The molecule has 4 aliphatic rings. The zero-order valence-corrected chi connectivity index (χ0v) is 41.3. The van der Waals surface area contributed by atoms with Crippen LogP contribution in [0, 0.1) is 23.2 Å². The number of carbonyl (C=O) groups excluding carboxylic acids is 2. The number of nitrogens with one attached hydrogen (secondary N) is 2. The van der Waals surface area contributed by atoms with Crippen molar-refractivity contribution in [2.45, 2.75) is 141 Å².